The topological polar surface area (TPSA) is 56.3 Å². The summed E-state index contributed by atoms with van der Waals surface area (Å²) >= 11 is 0. The minimum Gasteiger partial charge on any atom is -0.480 e. The van der Waals surface area contributed by atoms with Crippen LogP contribution in [0.25, 0.3) is 0 Å². The van der Waals surface area contributed by atoms with E-state index in [0.29, 0.717) is 6.54 Å². The van der Waals surface area contributed by atoms with Gasteiger partial charge in [0, 0.05) is 18.9 Å². The van der Waals surface area contributed by atoms with Crippen molar-refractivity contribution in [3.63, 3.8) is 0 Å². The molecule has 4 nitrogen and oxygen atoms in total. The van der Waals surface area contributed by atoms with Crippen LogP contribution in [0.3, 0.4) is 0 Å². The van der Waals surface area contributed by atoms with Crippen molar-refractivity contribution in [2.75, 3.05) is 7.05 Å². The minimum absolute atomic E-state index is 0.449. The van der Waals surface area contributed by atoms with Gasteiger partial charge in [-0.25, -0.2) is 0 Å². The van der Waals surface area contributed by atoms with Gasteiger partial charge in [-0.2, -0.15) is 0 Å². The van der Waals surface area contributed by atoms with Crippen LogP contribution in [0.2, 0.25) is 0 Å². The molecule has 1 rings (SSSR count). The predicted molar refractivity (Wildman–Crippen MR) is 49.4 cm³/mol. The predicted octanol–water partition coefficient (Wildman–Crippen LogP) is 0.920. The molecule has 0 saturated carbocycles. The Morgan fingerprint density at radius 3 is 2.92 bits per heavy atom. The number of H-pyrrole nitrogens is 1. The van der Waals surface area contributed by atoms with E-state index < -0.39 is 12.0 Å². The van der Waals surface area contributed by atoms with Crippen molar-refractivity contribution in [1.29, 1.82) is 0 Å². The standard InChI is InChI=1S/C9H14N2O2/c1-7(9(12)13)11(2)6-8-3-4-10-5-8/h3-5,7,10H,6H2,1-2H3,(H,12,13). The van der Waals surface area contributed by atoms with Crippen molar-refractivity contribution in [3.05, 3.63) is 24.0 Å². The Hall–Kier alpha value is -1.29. The molecule has 72 valence electrons. The number of nitrogens with zero attached hydrogens (tertiary/aromatic N) is 1. The van der Waals surface area contributed by atoms with Gasteiger partial charge < -0.3 is 10.1 Å². The molecule has 1 aromatic rings. The summed E-state index contributed by atoms with van der Waals surface area (Å²) in [6.07, 6.45) is 3.69. The maximum absolute atomic E-state index is 10.6. The van der Waals surface area contributed by atoms with E-state index >= 15 is 0 Å². The fourth-order valence-electron chi connectivity index (χ4n) is 1.07. The normalized spacial score (nSPS) is 13.2. The van der Waals surface area contributed by atoms with Crippen LogP contribution in [0.5, 0.6) is 0 Å². The smallest absolute Gasteiger partial charge is 0.320 e. The van der Waals surface area contributed by atoms with Gasteiger partial charge >= 0.3 is 5.97 Å². The van der Waals surface area contributed by atoms with Crippen molar-refractivity contribution < 1.29 is 9.90 Å². The number of nitrogens with one attached hydrogen (secondary N) is 1. The molecule has 0 bridgehead atoms. The number of rotatable bonds is 4. The lowest BCUT2D eigenvalue weighted by Crippen LogP contribution is -2.35. The third-order valence-corrected chi connectivity index (χ3v) is 2.11. The monoisotopic (exact) mass is 182 g/mol. The van der Waals surface area contributed by atoms with Crippen LogP contribution in [0.4, 0.5) is 0 Å². The summed E-state index contributed by atoms with van der Waals surface area (Å²) < 4.78 is 0. The number of aromatic nitrogens is 1. The zero-order valence-corrected chi connectivity index (χ0v) is 7.82. The van der Waals surface area contributed by atoms with E-state index in [1.807, 2.05) is 18.5 Å². The molecule has 1 aromatic heterocycles. The molecule has 0 aliphatic rings. The highest BCUT2D eigenvalue weighted by molar-refractivity contribution is 5.72. The van der Waals surface area contributed by atoms with Gasteiger partial charge in [-0.15, -0.1) is 0 Å². The van der Waals surface area contributed by atoms with E-state index in [1.54, 1.807) is 18.9 Å². The number of hydrogen-bond donors (Lipinski definition) is 2. The molecule has 0 spiro atoms. The van der Waals surface area contributed by atoms with Crippen molar-refractivity contribution in [1.82, 2.24) is 9.88 Å². The third-order valence-electron chi connectivity index (χ3n) is 2.11. The van der Waals surface area contributed by atoms with Gasteiger partial charge in [0.25, 0.3) is 0 Å². The van der Waals surface area contributed by atoms with E-state index in [0.717, 1.165) is 5.56 Å². The highest BCUT2D eigenvalue weighted by atomic mass is 16.4. The lowest BCUT2D eigenvalue weighted by molar-refractivity contribution is -0.142. The summed E-state index contributed by atoms with van der Waals surface area (Å²) in [7, 11) is 1.80. The Balaban J connectivity index is 2.50. The molecular formula is C9H14N2O2. The van der Waals surface area contributed by atoms with Gasteiger partial charge in [0.2, 0.25) is 0 Å². The summed E-state index contributed by atoms with van der Waals surface area (Å²) in [5.41, 5.74) is 1.09. The zero-order chi connectivity index (χ0) is 9.84. The fourth-order valence-corrected chi connectivity index (χ4v) is 1.07. The Kier molecular flexibility index (Phi) is 3.08. The van der Waals surface area contributed by atoms with Crippen LogP contribution >= 0.6 is 0 Å². The second-order valence-electron chi connectivity index (χ2n) is 3.15. The minimum atomic E-state index is -0.793. The molecule has 0 aliphatic heterocycles. The number of hydrogen-bond acceptors (Lipinski definition) is 2. The number of aromatic amines is 1. The van der Waals surface area contributed by atoms with E-state index in [-0.39, 0.29) is 0 Å². The van der Waals surface area contributed by atoms with Crippen LogP contribution in [-0.4, -0.2) is 34.0 Å². The molecule has 4 heteroatoms. The molecule has 0 aliphatic carbocycles. The summed E-state index contributed by atoms with van der Waals surface area (Å²) in [5, 5.41) is 8.73. The number of aliphatic carboxylic acids is 1. The van der Waals surface area contributed by atoms with Crippen molar-refractivity contribution in [2.24, 2.45) is 0 Å². The summed E-state index contributed by atoms with van der Waals surface area (Å²) in [6.45, 7) is 2.33. The maximum Gasteiger partial charge on any atom is 0.320 e. The fraction of sp³-hybridized carbons (Fsp3) is 0.444. The van der Waals surface area contributed by atoms with Crippen LogP contribution in [0.1, 0.15) is 12.5 Å². The lowest BCUT2D eigenvalue weighted by atomic mass is 10.2. The van der Waals surface area contributed by atoms with E-state index in [4.69, 9.17) is 5.11 Å². The van der Waals surface area contributed by atoms with E-state index in [2.05, 4.69) is 4.98 Å². The third kappa shape index (κ3) is 2.59. The van der Waals surface area contributed by atoms with Gasteiger partial charge in [-0.1, -0.05) is 0 Å². The van der Waals surface area contributed by atoms with Gasteiger partial charge in [0.15, 0.2) is 0 Å². The average molecular weight is 182 g/mol. The summed E-state index contributed by atoms with van der Waals surface area (Å²) in [4.78, 5) is 15.3. The van der Waals surface area contributed by atoms with Crippen molar-refractivity contribution in [2.45, 2.75) is 19.5 Å². The number of carboxylic acid groups (broad SMARTS) is 1. The molecule has 0 saturated heterocycles. The van der Waals surface area contributed by atoms with Gasteiger partial charge in [-0.05, 0) is 25.6 Å². The lowest BCUT2D eigenvalue weighted by Gasteiger charge is -2.20. The molecule has 0 fully saturated rings. The molecular weight excluding hydrogens is 168 g/mol. The van der Waals surface area contributed by atoms with E-state index in [9.17, 15) is 4.79 Å². The second kappa shape index (κ2) is 4.09. The van der Waals surface area contributed by atoms with E-state index in [1.165, 1.54) is 0 Å². The first kappa shape index (κ1) is 9.80. The maximum atomic E-state index is 10.6. The number of carbonyl (C=O) groups is 1. The quantitative estimate of drug-likeness (QED) is 0.728. The Labute approximate surface area is 77.2 Å². The molecule has 0 aromatic carbocycles. The molecule has 13 heavy (non-hydrogen) atoms. The van der Waals surface area contributed by atoms with Crippen molar-refractivity contribution >= 4 is 5.97 Å². The molecule has 1 unspecified atom stereocenters. The molecule has 1 atom stereocenters. The highest BCUT2D eigenvalue weighted by Gasteiger charge is 2.16. The number of likely N-dealkylation sites (N-methyl/N-ethyl adjacent to an activating group) is 1. The number of carboxylic acids is 1. The first-order valence-corrected chi connectivity index (χ1v) is 4.16. The van der Waals surface area contributed by atoms with Gasteiger partial charge in [0.1, 0.15) is 6.04 Å². The first-order chi connectivity index (χ1) is 6.11. The van der Waals surface area contributed by atoms with Crippen LogP contribution in [0.15, 0.2) is 18.5 Å². The Morgan fingerprint density at radius 2 is 2.46 bits per heavy atom. The van der Waals surface area contributed by atoms with Crippen LogP contribution in [-0.2, 0) is 11.3 Å². The second-order valence-corrected chi connectivity index (χ2v) is 3.15. The first-order valence-electron chi connectivity index (χ1n) is 4.16. The average Bonchev–Trinajstić information content (AvgIpc) is 2.55. The Morgan fingerprint density at radius 1 is 1.77 bits per heavy atom. The summed E-state index contributed by atoms with van der Waals surface area (Å²) in [5.74, 6) is -0.793. The van der Waals surface area contributed by atoms with Gasteiger partial charge in [0.05, 0.1) is 0 Å². The SMILES string of the molecule is CC(C(=O)O)N(C)Cc1cc[nH]c1. The van der Waals surface area contributed by atoms with Crippen molar-refractivity contribution in [3.8, 4) is 0 Å². The van der Waals surface area contributed by atoms with Gasteiger partial charge in [-0.3, -0.25) is 9.69 Å². The molecule has 1 heterocycles. The summed E-state index contributed by atoms with van der Waals surface area (Å²) in [6, 6.07) is 1.49. The molecule has 0 amide bonds. The zero-order valence-electron chi connectivity index (χ0n) is 7.82. The van der Waals surface area contributed by atoms with Crippen LogP contribution in [0, 0.1) is 0 Å². The largest absolute Gasteiger partial charge is 0.480 e. The highest BCUT2D eigenvalue weighted by Crippen LogP contribution is 2.04. The molecule has 2 N–H and O–H groups in total. The Bertz CT molecular complexity index is 269. The van der Waals surface area contributed by atoms with Crippen LogP contribution < -0.4 is 0 Å². The molecule has 0 radical (unpaired) electrons.